The fourth-order valence-corrected chi connectivity index (χ4v) is 7.00. The van der Waals surface area contributed by atoms with Crippen molar-refractivity contribution < 1.29 is 14.9 Å². The van der Waals surface area contributed by atoms with E-state index < -0.39 is 11.2 Å². The molecule has 0 saturated carbocycles. The monoisotopic (exact) mass is 582 g/mol. The van der Waals surface area contributed by atoms with Gasteiger partial charge in [0, 0.05) is 22.8 Å². The van der Waals surface area contributed by atoms with Gasteiger partial charge in [-0.1, -0.05) is 129 Å². The number of rotatable bonds is 8. The van der Waals surface area contributed by atoms with Crippen molar-refractivity contribution in [1.29, 1.82) is 0 Å². The summed E-state index contributed by atoms with van der Waals surface area (Å²) in [5.74, 6) is 6.68. The molecule has 0 aromatic heterocycles. The van der Waals surface area contributed by atoms with Crippen LogP contribution in [-0.2, 0) is 4.74 Å². The number of hydrogen-bond acceptors (Lipinski definition) is 3. The molecule has 4 atom stereocenters. The maximum atomic E-state index is 11.1. The first kappa shape index (κ1) is 34.6. The zero-order chi connectivity index (χ0) is 32.1. The number of aliphatic hydroxyl groups excluding tert-OH is 1. The van der Waals surface area contributed by atoms with Crippen LogP contribution in [0.25, 0.3) is 0 Å². The molecule has 3 aliphatic rings. The zero-order valence-corrected chi connectivity index (χ0v) is 28.2. The van der Waals surface area contributed by atoms with Gasteiger partial charge in [0.15, 0.2) is 0 Å². The fourth-order valence-electron chi connectivity index (χ4n) is 7.00. The lowest BCUT2D eigenvalue weighted by atomic mass is 9.61. The molecule has 0 radical (unpaired) electrons. The highest BCUT2D eigenvalue weighted by Crippen LogP contribution is 2.60. The fraction of sp³-hybridized carbons (Fsp3) is 0.500. The van der Waals surface area contributed by atoms with Gasteiger partial charge in [0.2, 0.25) is 0 Å². The van der Waals surface area contributed by atoms with Crippen molar-refractivity contribution in [3.8, 4) is 11.8 Å². The lowest BCUT2D eigenvalue weighted by Crippen LogP contribution is -2.56. The summed E-state index contributed by atoms with van der Waals surface area (Å²) in [6.45, 7) is 21.0. The van der Waals surface area contributed by atoms with E-state index in [0.717, 1.165) is 40.7 Å². The Hall–Kier alpha value is -2.90. The first-order valence-corrected chi connectivity index (χ1v) is 15.7. The van der Waals surface area contributed by atoms with Crippen molar-refractivity contribution in [2.45, 2.75) is 118 Å². The van der Waals surface area contributed by atoms with E-state index in [-0.39, 0.29) is 23.0 Å². The molecule has 0 unspecified atom stereocenters. The molecule has 2 N–H and O–H groups in total. The summed E-state index contributed by atoms with van der Waals surface area (Å²) in [7, 11) is 0. The molecule has 2 bridgehead atoms. The molecule has 232 valence electrons. The Bertz CT molecular complexity index is 1360. The van der Waals surface area contributed by atoms with Crippen molar-refractivity contribution in [1.82, 2.24) is 0 Å². The Morgan fingerprint density at radius 1 is 0.791 bits per heavy atom. The molecule has 3 rings (SSSR count). The number of ether oxygens (including phenoxy) is 1. The number of fused-ring (bicyclic) bond motifs is 2. The molecule has 0 aromatic rings. The molecule has 2 saturated heterocycles. The zero-order valence-electron chi connectivity index (χ0n) is 28.2. The SMILES string of the molecule is CC1=C(C#C/C(C)=C/C=C/C(C)=C/C=C/C=C(C)/C=C/C=C(C)/C=C/[C@@]23O[C@@H](CC2(C)C)C[C@@]3(C)O)C(C)(C)C[C@@H](O)C1. The van der Waals surface area contributed by atoms with Crippen molar-refractivity contribution >= 4 is 0 Å². The van der Waals surface area contributed by atoms with Gasteiger partial charge in [-0.15, -0.1) is 0 Å². The second-order valence-corrected chi connectivity index (χ2v) is 14.4. The molecule has 43 heavy (non-hydrogen) atoms. The minimum absolute atomic E-state index is 0.0856. The molecule has 2 aliphatic heterocycles. The van der Waals surface area contributed by atoms with E-state index in [4.69, 9.17) is 4.74 Å². The van der Waals surface area contributed by atoms with Crippen LogP contribution in [0.2, 0.25) is 0 Å². The average Bonchev–Trinajstić information content (AvgIpc) is 3.28. The van der Waals surface area contributed by atoms with Gasteiger partial charge >= 0.3 is 0 Å². The molecule has 0 amide bonds. The minimum Gasteiger partial charge on any atom is -0.393 e. The van der Waals surface area contributed by atoms with Crippen LogP contribution in [0.15, 0.2) is 106 Å². The van der Waals surface area contributed by atoms with Gasteiger partial charge in [0.25, 0.3) is 0 Å². The highest BCUT2D eigenvalue weighted by molar-refractivity contribution is 5.45. The highest BCUT2D eigenvalue weighted by Gasteiger charge is 2.67. The van der Waals surface area contributed by atoms with E-state index in [9.17, 15) is 10.2 Å². The molecule has 2 fully saturated rings. The Kier molecular flexibility index (Phi) is 11.1. The first-order valence-electron chi connectivity index (χ1n) is 15.7. The van der Waals surface area contributed by atoms with E-state index in [1.165, 1.54) is 5.57 Å². The van der Waals surface area contributed by atoms with Crippen LogP contribution >= 0.6 is 0 Å². The summed E-state index contributed by atoms with van der Waals surface area (Å²) in [6.07, 6.45) is 27.9. The topological polar surface area (TPSA) is 49.7 Å². The normalized spacial score (nSPS) is 31.7. The summed E-state index contributed by atoms with van der Waals surface area (Å²) in [5.41, 5.74) is 5.14. The molecular weight excluding hydrogens is 528 g/mol. The third-order valence-electron chi connectivity index (χ3n) is 9.13. The molecule has 3 nitrogen and oxygen atoms in total. The summed E-state index contributed by atoms with van der Waals surface area (Å²) in [6, 6.07) is 0. The van der Waals surface area contributed by atoms with Gasteiger partial charge in [0.1, 0.15) is 5.60 Å². The quantitative estimate of drug-likeness (QED) is 0.222. The number of hydrogen-bond donors (Lipinski definition) is 2. The summed E-state index contributed by atoms with van der Waals surface area (Å²) in [5, 5.41) is 21.2. The molecule has 0 spiro atoms. The standard InChI is InChI=1S/C40H54O3/c1-29(17-13-19-31(3)21-22-36-33(5)25-34(41)26-37(36,6)7)15-11-12-16-30(2)18-14-20-32(4)23-24-40-38(8,9)27-35(43-40)28-39(40,10)42/h11-20,23-24,34-35,41-42H,25-28H2,1-10H3/b12-11+,17-13+,18-14+,24-23+,29-15+,30-16+,31-19+,32-20+/t34-,35-,39+,40+/m0/s1. The van der Waals surface area contributed by atoms with Gasteiger partial charge < -0.3 is 14.9 Å². The Labute approximate surface area is 261 Å². The van der Waals surface area contributed by atoms with Gasteiger partial charge in [-0.2, -0.15) is 0 Å². The summed E-state index contributed by atoms with van der Waals surface area (Å²) < 4.78 is 6.31. The lowest BCUT2D eigenvalue weighted by molar-refractivity contribution is -0.115. The van der Waals surface area contributed by atoms with E-state index in [2.05, 4.69) is 128 Å². The molecule has 1 aliphatic carbocycles. The molecular formula is C40H54O3. The first-order chi connectivity index (χ1) is 20.0. The Balaban J connectivity index is 1.53. The van der Waals surface area contributed by atoms with Crippen molar-refractivity contribution in [3.05, 3.63) is 106 Å². The predicted molar refractivity (Wildman–Crippen MR) is 182 cm³/mol. The molecule has 3 heteroatoms. The summed E-state index contributed by atoms with van der Waals surface area (Å²) in [4.78, 5) is 0. The number of aliphatic hydroxyl groups is 2. The Morgan fingerprint density at radius 2 is 1.35 bits per heavy atom. The van der Waals surface area contributed by atoms with E-state index in [0.29, 0.717) is 12.8 Å². The number of allylic oxidation sites excluding steroid dienone is 16. The van der Waals surface area contributed by atoms with Crippen molar-refractivity contribution in [2.75, 3.05) is 0 Å². The van der Waals surface area contributed by atoms with Crippen molar-refractivity contribution in [3.63, 3.8) is 0 Å². The third kappa shape index (κ3) is 8.60. The highest BCUT2D eigenvalue weighted by atomic mass is 16.5. The largest absolute Gasteiger partial charge is 0.393 e. The third-order valence-corrected chi connectivity index (χ3v) is 9.13. The van der Waals surface area contributed by atoms with E-state index >= 15 is 0 Å². The van der Waals surface area contributed by atoms with E-state index in [1.807, 2.05) is 26.0 Å². The summed E-state index contributed by atoms with van der Waals surface area (Å²) >= 11 is 0. The van der Waals surface area contributed by atoms with Gasteiger partial charge in [0.05, 0.1) is 17.8 Å². The van der Waals surface area contributed by atoms with Crippen LogP contribution in [0.5, 0.6) is 0 Å². The maximum absolute atomic E-state index is 11.1. The lowest BCUT2D eigenvalue weighted by Gasteiger charge is -2.46. The second kappa shape index (κ2) is 13.8. The van der Waals surface area contributed by atoms with Crippen LogP contribution in [0, 0.1) is 22.7 Å². The van der Waals surface area contributed by atoms with Crippen LogP contribution in [0.3, 0.4) is 0 Å². The van der Waals surface area contributed by atoms with Crippen LogP contribution in [-0.4, -0.2) is 33.6 Å². The molecule has 2 heterocycles. The van der Waals surface area contributed by atoms with Gasteiger partial charge in [-0.05, 0) is 72.5 Å². The smallest absolute Gasteiger partial charge is 0.120 e. The van der Waals surface area contributed by atoms with Crippen LogP contribution < -0.4 is 0 Å². The molecule has 0 aromatic carbocycles. The van der Waals surface area contributed by atoms with Crippen LogP contribution in [0.4, 0.5) is 0 Å². The van der Waals surface area contributed by atoms with Crippen molar-refractivity contribution in [2.24, 2.45) is 10.8 Å². The Morgan fingerprint density at radius 3 is 1.91 bits per heavy atom. The van der Waals surface area contributed by atoms with E-state index in [1.54, 1.807) is 0 Å². The minimum atomic E-state index is -0.847. The second-order valence-electron chi connectivity index (χ2n) is 14.4. The van der Waals surface area contributed by atoms with Crippen LogP contribution in [0.1, 0.15) is 94.9 Å². The van der Waals surface area contributed by atoms with Gasteiger partial charge in [-0.3, -0.25) is 0 Å². The predicted octanol–water partition coefficient (Wildman–Crippen LogP) is 9.21. The average molecular weight is 583 g/mol. The van der Waals surface area contributed by atoms with Gasteiger partial charge in [-0.25, -0.2) is 0 Å². The maximum Gasteiger partial charge on any atom is 0.120 e.